The number of carbonyl (C=O) groups excluding carboxylic acids is 1. The highest BCUT2D eigenvalue weighted by Crippen LogP contribution is 2.24. The molecule has 2 nitrogen and oxygen atoms in total. The molecule has 0 aliphatic heterocycles. The summed E-state index contributed by atoms with van der Waals surface area (Å²) in [6.45, 7) is 5.47. The summed E-state index contributed by atoms with van der Waals surface area (Å²) in [5, 5.41) is 0. The first-order valence-electron chi connectivity index (χ1n) is 3.91. The Morgan fingerprint density at radius 2 is 2.09 bits per heavy atom. The van der Waals surface area contributed by atoms with Gasteiger partial charge in [-0.15, -0.1) is 0 Å². The summed E-state index contributed by atoms with van der Waals surface area (Å²) >= 11 is 0. The standard InChI is InChI=1S/C5H10.C4H6O2/c1-5-3-2-4-5;1-3-4(5)6-2/h5H,2-4H2,1H3;3H,1H2,2H3. The SMILES string of the molecule is C=CC(=O)OC.CC1CCC1. The number of hydrogen-bond acceptors (Lipinski definition) is 2. The molecule has 0 radical (unpaired) electrons. The number of carbonyl (C=O) groups is 1. The Kier molecular flexibility index (Phi) is 5.53. The van der Waals surface area contributed by atoms with E-state index in [4.69, 9.17) is 0 Å². The van der Waals surface area contributed by atoms with Gasteiger partial charge in [0.15, 0.2) is 0 Å². The molecule has 11 heavy (non-hydrogen) atoms. The van der Waals surface area contributed by atoms with Crippen molar-refractivity contribution in [3.05, 3.63) is 12.7 Å². The van der Waals surface area contributed by atoms with Crippen LogP contribution in [0.1, 0.15) is 26.2 Å². The van der Waals surface area contributed by atoms with E-state index in [1.807, 2.05) is 0 Å². The smallest absolute Gasteiger partial charge is 0.329 e. The number of ether oxygens (including phenoxy) is 1. The first-order chi connectivity index (χ1) is 5.20. The first kappa shape index (κ1) is 10.2. The Bertz CT molecular complexity index is 126. The Labute approximate surface area is 68.2 Å². The molecule has 0 unspecified atom stereocenters. The van der Waals surface area contributed by atoms with Crippen LogP contribution in [0.2, 0.25) is 0 Å². The molecule has 0 bridgehead atoms. The monoisotopic (exact) mass is 156 g/mol. The topological polar surface area (TPSA) is 26.3 Å². The van der Waals surface area contributed by atoms with E-state index in [0.717, 1.165) is 12.0 Å². The van der Waals surface area contributed by atoms with Gasteiger partial charge in [0.05, 0.1) is 7.11 Å². The van der Waals surface area contributed by atoms with Crippen molar-refractivity contribution in [3.8, 4) is 0 Å². The van der Waals surface area contributed by atoms with Gasteiger partial charge in [0.1, 0.15) is 0 Å². The second-order valence-corrected chi connectivity index (χ2v) is 2.76. The van der Waals surface area contributed by atoms with Crippen LogP contribution in [0, 0.1) is 5.92 Å². The van der Waals surface area contributed by atoms with Gasteiger partial charge >= 0.3 is 5.97 Å². The van der Waals surface area contributed by atoms with Crippen molar-refractivity contribution in [1.29, 1.82) is 0 Å². The van der Waals surface area contributed by atoms with Crippen LogP contribution in [-0.4, -0.2) is 13.1 Å². The van der Waals surface area contributed by atoms with Crippen LogP contribution >= 0.6 is 0 Å². The molecule has 0 spiro atoms. The zero-order valence-electron chi connectivity index (χ0n) is 7.30. The van der Waals surface area contributed by atoms with E-state index in [1.165, 1.54) is 26.4 Å². The minimum atomic E-state index is -0.394. The Morgan fingerprint density at radius 3 is 2.09 bits per heavy atom. The van der Waals surface area contributed by atoms with Crippen LogP contribution < -0.4 is 0 Å². The zero-order valence-corrected chi connectivity index (χ0v) is 7.30. The maximum atomic E-state index is 9.84. The van der Waals surface area contributed by atoms with Gasteiger partial charge in [-0.1, -0.05) is 32.8 Å². The third-order valence-corrected chi connectivity index (χ3v) is 1.76. The highest BCUT2D eigenvalue weighted by molar-refractivity contribution is 5.80. The molecular formula is C9H16O2. The lowest BCUT2D eigenvalue weighted by Gasteiger charge is -2.18. The van der Waals surface area contributed by atoms with E-state index < -0.39 is 5.97 Å². The minimum absolute atomic E-state index is 0.394. The van der Waals surface area contributed by atoms with Crippen LogP contribution in [0.15, 0.2) is 12.7 Å². The highest BCUT2D eigenvalue weighted by atomic mass is 16.5. The van der Waals surface area contributed by atoms with Crippen molar-refractivity contribution in [1.82, 2.24) is 0 Å². The lowest BCUT2D eigenvalue weighted by atomic mass is 9.88. The van der Waals surface area contributed by atoms with Gasteiger partial charge in [0.25, 0.3) is 0 Å². The van der Waals surface area contributed by atoms with Crippen molar-refractivity contribution >= 4 is 5.97 Å². The third-order valence-electron chi connectivity index (χ3n) is 1.76. The Balaban J connectivity index is 0.000000183. The summed E-state index contributed by atoms with van der Waals surface area (Å²) in [5.41, 5.74) is 0. The molecule has 0 aromatic carbocycles. The summed E-state index contributed by atoms with van der Waals surface area (Å²) < 4.78 is 4.14. The van der Waals surface area contributed by atoms with Crippen molar-refractivity contribution in [3.63, 3.8) is 0 Å². The minimum Gasteiger partial charge on any atom is -0.466 e. The largest absolute Gasteiger partial charge is 0.466 e. The number of rotatable bonds is 1. The molecule has 0 saturated heterocycles. The van der Waals surface area contributed by atoms with Gasteiger partial charge in [-0.3, -0.25) is 0 Å². The van der Waals surface area contributed by atoms with Crippen LogP contribution in [0.3, 0.4) is 0 Å². The number of hydrogen-bond donors (Lipinski definition) is 0. The van der Waals surface area contributed by atoms with Gasteiger partial charge in [0.2, 0.25) is 0 Å². The summed E-state index contributed by atoms with van der Waals surface area (Å²) in [6, 6.07) is 0. The summed E-state index contributed by atoms with van der Waals surface area (Å²) in [5.74, 6) is 0.671. The molecule has 0 aromatic heterocycles. The van der Waals surface area contributed by atoms with Crippen LogP contribution in [-0.2, 0) is 9.53 Å². The quantitative estimate of drug-likeness (QED) is 0.429. The van der Waals surface area contributed by atoms with E-state index in [-0.39, 0.29) is 0 Å². The molecule has 0 amide bonds. The molecule has 64 valence electrons. The van der Waals surface area contributed by atoms with Crippen LogP contribution in [0.5, 0.6) is 0 Å². The second kappa shape index (κ2) is 5.96. The van der Waals surface area contributed by atoms with E-state index in [9.17, 15) is 4.79 Å². The van der Waals surface area contributed by atoms with E-state index in [2.05, 4.69) is 18.2 Å². The maximum absolute atomic E-state index is 9.84. The van der Waals surface area contributed by atoms with E-state index in [0.29, 0.717) is 0 Å². The Morgan fingerprint density at radius 1 is 1.64 bits per heavy atom. The molecule has 1 rings (SSSR count). The lowest BCUT2D eigenvalue weighted by Crippen LogP contribution is -2.04. The summed E-state index contributed by atoms with van der Waals surface area (Å²) in [7, 11) is 1.31. The molecule has 0 N–H and O–H groups in total. The van der Waals surface area contributed by atoms with Crippen LogP contribution in [0.4, 0.5) is 0 Å². The second-order valence-electron chi connectivity index (χ2n) is 2.76. The number of esters is 1. The predicted molar refractivity (Wildman–Crippen MR) is 45.2 cm³/mol. The van der Waals surface area contributed by atoms with E-state index in [1.54, 1.807) is 0 Å². The van der Waals surface area contributed by atoms with Gasteiger partial charge in [-0.2, -0.15) is 0 Å². The number of methoxy groups -OCH3 is 1. The molecule has 1 fully saturated rings. The van der Waals surface area contributed by atoms with Gasteiger partial charge < -0.3 is 4.74 Å². The molecule has 1 aliphatic carbocycles. The fourth-order valence-electron chi connectivity index (χ4n) is 0.696. The molecule has 1 aliphatic rings. The normalized spacial score (nSPS) is 15.5. The average Bonchev–Trinajstić information content (AvgIpc) is 2.00. The van der Waals surface area contributed by atoms with Gasteiger partial charge in [-0.25, -0.2) is 4.79 Å². The van der Waals surface area contributed by atoms with Gasteiger partial charge in [0, 0.05) is 6.08 Å². The van der Waals surface area contributed by atoms with E-state index >= 15 is 0 Å². The summed E-state index contributed by atoms with van der Waals surface area (Å²) in [4.78, 5) is 9.84. The molecule has 1 saturated carbocycles. The molecular weight excluding hydrogens is 140 g/mol. The first-order valence-corrected chi connectivity index (χ1v) is 3.91. The van der Waals surface area contributed by atoms with Crippen molar-refractivity contribution in [2.75, 3.05) is 7.11 Å². The summed E-state index contributed by atoms with van der Waals surface area (Å²) in [6.07, 6.45) is 5.57. The van der Waals surface area contributed by atoms with Gasteiger partial charge in [-0.05, 0) is 5.92 Å². The van der Waals surface area contributed by atoms with Crippen molar-refractivity contribution in [2.24, 2.45) is 5.92 Å². The van der Waals surface area contributed by atoms with Crippen LogP contribution in [0.25, 0.3) is 0 Å². The predicted octanol–water partition coefficient (Wildman–Crippen LogP) is 2.15. The lowest BCUT2D eigenvalue weighted by molar-refractivity contribution is -0.134. The average molecular weight is 156 g/mol. The third kappa shape index (κ3) is 5.64. The molecule has 2 heteroatoms. The molecule has 0 atom stereocenters. The maximum Gasteiger partial charge on any atom is 0.329 e. The van der Waals surface area contributed by atoms with Crippen molar-refractivity contribution < 1.29 is 9.53 Å². The Hall–Kier alpha value is -0.790. The fraction of sp³-hybridized carbons (Fsp3) is 0.667. The molecule has 0 aromatic rings. The highest BCUT2D eigenvalue weighted by Gasteiger charge is 2.09. The zero-order chi connectivity index (χ0) is 8.69. The van der Waals surface area contributed by atoms with Crippen molar-refractivity contribution in [2.45, 2.75) is 26.2 Å². The fourth-order valence-corrected chi connectivity index (χ4v) is 0.696. The molecule has 0 heterocycles.